The molecule has 0 unspecified atom stereocenters. The van der Waals surface area contributed by atoms with Gasteiger partial charge in [-0.3, -0.25) is 9.78 Å². The van der Waals surface area contributed by atoms with E-state index in [0.29, 0.717) is 17.1 Å². The SMILES string of the molecule is Nc1c(C(=O)NCc2ccccc2)sc2ccncc12. The van der Waals surface area contributed by atoms with E-state index in [4.69, 9.17) is 5.73 Å². The Bertz CT molecular complexity index is 752. The molecule has 2 aromatic heterocycles. The fourth-order valence-electron chi connectivity index (χ4n) is 1.99. The second-order valence-electron chi connectivity index (χ2n) is 4.38. The standard InChI is InChI=1S/C15H13N3OS/c16-13-11-9-17-7-6-12(11)20-14(13)15(19)18-8-10-4-2-1-3-5-10/h1-7,9H,8,16H2,(H,18,19). The number of benzene rings is 1. The number of nitrogen functional groups attached to an aromatic ring is 1. The summed E-state index contributed by atoms with van der Waals surface area (Å²) in [5, 5.41) is 3.72. The van der Waals surface area contributed by atoms with Gasteiger partial charge in [0.15, 0.2) is 0 Å². The number of aromatic nitrogens is 1. The zero-order chi connectivity index (χ0) is 13.9. The molecule has 100 valence electrons. The number of rotatable bonds is 3. The molecule has 0 spiro atoms. The molecular weight excluding hydrogens is 270 g/mol. The van der Waals surface area contributed by atoms with Crippen LogP contribution in [0, 0.1) is 0 Å². The summed E-state index contributed by atoms with van der Waals surface area (Å²) in [6, 6.07) is 11.6. The molecule has 0 atom stereocenters. The number of carbonyl (C=O) groups excluding carboxylic acids is 1. The largest absolute Gasteiger partial charge is 0.397 e. The summed E-state index contributed by atoms with van der Waals surface area (Å²) >= 11 is 1.39. The number of anilines is 1. The van der Waals surface area contributed by atoms with Gasteiger partial charge in [0.05, 0.1) is 5.69 Å². The van der Waals surface area contributed by atoms with E-state index in [1.165, 1.54) is 11.3 Å². The van der Waals surface area contributed by atoms with Gasteiger partial charge in [-0.1, -0.05) is 30.3 Å². The lowest BCUT2D eigenvalue weighted by Gasteiger charge is -2.04. The molecule has 1 aromatic carbocycles. The smallest absolute Gasteiger partial charge is 0.263 e. The molecule has 0 aliphatic heterocycles. The molecule has 5 heteroatoms. The van der Waals surface area contributed by atoms with Gasteiger partial charge >= 0.3 is 0 Å². The van der Waals surface area contributed by atoms with E-state index in [1.54, 1.807) is 12.4 Å². The molecule has 0 aliphatic rings. The summed E-state index contributed by atoms with van der Waals surface area (Å²) in [4.78, 5) is 16.8. The van der Waals surface area contributed by atoms with Crippen molar-refractivity contribution in [3.8, 4) is 0 Å². The van der Waals surface area contributed by atoms with Gasteiger partial charge in [-0.2, -0.15) is 0 Å². The van der Waals surface area contributed by atoms with E-state index >= 15 is 0 Å². The van der Waals surface area contributed by atoms with Crippen LogP contribution in [-0.4, -0.2) is 10.9 Å². The summed E-state index contributed by atoms with van der Waals surface area (Å²) in [5.74, 6) is -0.146. The molecule has 0 fully saturated rings. The number of amides is 1. The third-order valence-electron chi connectivity index (χ3n) is 3.03. The Morgan fingerprint density at radius 2 is 2.05 bits per heavy atom. The fraction of sp³-hybridized carbons (Fsp3) is 0.0667. The summed E-state index contributed by atoms with van der Waals surface area (Å²) in [5.41, 5.74) is 7.58. The van der Waals surface area contributed by atoms with E-state index in [1.807, 2.05) is 36.4 Å². The number of hydrogen-bond acceptors (Lipinski definition) is 4. The second kappa shape index (κ2) is 5.30. The minimum atomic E-state index is -0.146. The minimum Gasteiger partial charge on any atom is -0.397 e. The van der Waals surface area contributed by atoms with Crippen LogP contribution in [0.3, 0.4) is 0 Å². The van der Waals surface area contributed by atoms with Crippen molar-refractivity contribution in [1.29, 1.82) is 0 Å². The van der Waals surface area contributed by atoms with Crippen LogP contribution in [0.25, 0.3) is 10.1 Å². The predicted octanol–water partition coefficient (Wildman–Crippen LogP) is 2.81. The first kappa shape index (κ1) is 12.6. The Hall–Kier alpha value is -2.40. The van der Waals surface area contributed by atoms with Crippen molar-refractivity contribution in [2.45, 2.75) is 6.54 Å². The van der Waals surface area contributed by atoms with Gasteiger partial charge < -0.3 is 11.1 Å². The van der Waals surface area contributed by atoms with Crippen LogP contribution >= 0.6 is 11.3 Å². The highest BCUT2D eigenvalue weighted by molar-refractivity contribution is 7.21. The van der Waals surface area contributed by atoms with Crippen LogP contribution < -0.4 is 11.1 Å². The number of fused-ring (bicyclic) bond motifs is 1. The molecule has 0 bridgehead atoms. The van der Waals surface area contributed by atoms with Gasteiger partial charge in [-0.05, 0) is 11.6 Å². The fourth-order valence-corrected chi connectivity index (χ4v) is 2.99. The van der Waals surface area contributed by atoms with Crippen molar-refractivity contribution in [2.75, 3.05) is 5.73 Å². The number of nitrogens with zero attached hydrogens (tertiary/aromatic N) is 1. The number of pyridine rings is 1. The number of nitrogens with two attached hydrogens (primary N) is 1. The molecule has 1 amide bonds. The summed E-state index contributed by atoms with van der Waals surface area (Å²) in [6.07, 6.45) is 3.39. The highest BCUT2D eigenvalue weighted by Crippen LogP contribution is 2.32. The maximum atomic E-state index is 12.2. The van der Waals surface area contributed by atoms with E-state index < -0.39 is 0 Å². The van der Waals surface area contributed by atoms with Gasteiger partial charge in [0, 0.05) is 29.0 Å². The Morgan fingerprint density at radius 3 is 2.80 bits per heavy atom. The Kier molecular flexibility index (Phi) is 3.35. The Morgan fingerprint density at radius 1 is 1.25 bits per heavy atom. The normalized spacial score (nSPS) is 10.6. The Balaban J connectivity index is 1.81. The van der Waals surface area contributed by atoms with E-state index in [2.05, 4.69) is 10.3 Å². The number of carbonyl (C=O) groups is 1. The molecule has 20 heavy (non-hydrogen) atoms. The number of thiophene rings is 1. The zero-order valence-electron chi connectivity index (χ0n) is 10.7. The van der Waals surface area contributed by atoms with Crippen LogP contribution in [0.2, 0.25) is 0 Å². The van der Waals surface area contributed by atoms with Crippen molar-refractivity contribution in [2.24, 2.45) is 0 Å². The van der Waals surface area contributed by atoms with Gasteiger partial charge in [0.2, 0.25) is 0 Å². The summed E-state index contributed by atoms with van der Waals surface area (Å²) < 4.78 is 0.974. The summed E-state index contributed by atoms with van der Waals surface area (Å²) in [7, 11) is 0. The van der Waals surface area contributed by atoms with E-state index in [0.717, 1.165) is 15.6 Å². The average Bonchev–Trinajstić information content (AvgIpc) is 2.84. The maximum absolute atomic E-state index is 12.2. The second-order valence-corrected chi connectivity index (χ2v) is 5.44. The molecule has 2 heterocycles. The lowest BCUT2D eigenvalue weighted by atomic mass is 10.2. The molecule has 0 saturated heterocycles. The molecule has 0 radical (unpaired) electrons. The predicted molar refractivity (Wildman–Crippen MR) is 81.6 cm³/mol. The zero-order valence-corrected chi connectivity index (χ0v) is 11.5. The Labute approximate surface area is 120 Å². The van der Waals surface area contributed by atoms with Crippen LogP contribution in [0.4, 0.5) is 5.69 Å². The first-order valence-corrected chi connectivity index (χ1v) is 7.01. The van der Waals surface area contributed by atoms with Crippen LogP contribution in [0.15, 0.2) is 48.8 Å². The highest BCUT2D eigenvalue weighted by atomic mass is 32.1. The van der Waals surface area contributed by atoms with Crippen LogP contribution in [-0.2, 0) is 6.54 Å². The average molecular weight is 283 g/mol. The quantitative estimate of drug-likeness (QED) is 0.776. The number of hydrogen-bond donors (Lipinski definition) is 2. The topological polar surface area (TPSA) is 68.0 Å². The van der Waals surface area contributed by atoms with E-state index in [9.17, 15) is 4.79 Å². The molecule has 4 nitrogen and oxygen atoms in total. The maximum Gasteiger partial charge on any atom is 0.263 e. The van der Waals surface area contributed by atoms with Crippen molar-refractivity contribution in [3.05, 3.63) is 59.2 Å². The first-order valence-electron chi connectivity index (χ1n) is 6.20. The molecule has 3 N–H and O–H groups in total. The van der Waals surface area contributed by atoms with Crippen molar-refractivity contribution in [3.63, 3.8) is 0 Å². The monoisotopic (exact) mass is 283 g/mol. The molecule has 3 aromatic rings. The van der Waals surface area contributed by atoms with Crippen molar-refractivity contribution >= 4 is 33.0 Å². The van der Waals surface area contributed by atoms with Crippen molar-refractivity contribution < 1.29 is 4.79 Å². The minimum absolute atomic E-state index is 0.146. The lowest BCUT2D eigenvalue weighted by Crippen LogP contribution is -2.22. The van der Waals surface area contributed by atoms with Crippen molar-refractivity contribution in [1.82, 2.24) is 10.3 Å². The summed E-state index contributed by atoms with van der Waals surface area (Å²) in [6.45, 7) is 0.492. The van der Waals surface area contributed by atoms with Gasteiger partial charge in [0.25, 0.3) is 5.91 Å². The molecular formula is C15H13N3OS. The molecule has 3 rings (SSSR count). The third-order valence-corrected chi connectivity index (χ3v) is 4.22. The first-order chi connectivity index (χ1) is 9.75. The molecule has 0 saturated carbocycles. The third kappa shape index (κ3) is 2.35. The van der Waals surface area contributed by atoms with Gasteiger partial charge in [-0.15, -0.1) is 11.3 Å². The lowest BCUT2D eigenvalue weighted by molar-refractivity contribution is 0.0956. The highest BCUT2D eigenvalue weighted by Gasteiger charge is 2.15. The van der Waals surface area contributed by atoms with Gasteiger partial charge in [-0.25, -0.2) is 0 Å². The van der Waals surface area contributed by atoms with Gasteiger partial charge in [0.1, 0.15) is 4.88 Å². The van der Waals surface area contributed by atoms with Crippen LogP contribution in [0.1, 0.15) is 15.2 Å². The molecule has 0 aliphatic carbocycles. The van der Waals surface area contributed by atoms with Crippen LogP contribution in [0.5, 0.6) is 0 Å². The van der Waals surface area contributed by atoms with E-state index in [-0.39, 0.29) is 5.91 Å². The number of nitrogens with one attached hydrogen (secondary N) is 1.